The van der Waals surface area contributed by atoms with Gasteiger partial charge in [0, 0.05) is 25.0 Å². The lowest BCUT2D eigenvalue weighted by molar-refractivity contribution is 0.101. The van der Waals surface area contributed by atoms with Crippen LogP contribution in [-0.2, 0) is 10.0 Å². The van der Waals surface area contributed by atoms with Crippen molar-refractivity contribution in [3.63, 3.8) is 0 Å². The number of hydrogen-bond acceptors (Lipinski definition) is 5. The summed E-state index contributed by atoms with van der Waals surface area (Å²) >= 11 is 0. The van der Waals surface area contributed by atoms with E-state index in [4.69, 9.17) is 0 Å². The summed E-state index contributed by atoms with van der Waals surface area (Å²) in [5.74, 6) is -0.185. The second kappa shape index (κ2) is 6.01. The van der Waals surface area contributed by atoms with Crippen molar-refractivity contribution in [3.05, 3.63) is 60.4 Å². The van der Waals surface area contributed by atoms with Gasteiger partial charge in [-0.25, -0.2) is 8.42 Å². The molecule has 0 saturated carbocycles. The number of fused-ring (bicyclic) bond motifs is 1. The Morgan fingerprint density at radius 1 is 1.00 bits per heavy atom. The first kappa shape index (κ1) is 16.1. The average Bonchev–Trinajstić information content (AvgIpc) is 2.60. The van der Waals surface area contributed by atoms with Gasteiger partial charge in [-0.1, -0.05) is 12.1 Å². The third-order valence-electron chi connectivity index (χ3n) is 3.72. The minimum Gasteiger partial charge on any atom is -0.295 e. The van der Waals surface area contributed by atoms with Gasteiger partial charge in [0.05, 0.1) is 21.6 Å². The normalized spacial score (nSPS) is 11.4. The Morgan fingerprint density at radius 3 is 2.42 bits per heavy atom. The van der Waals surface area contributed by atoms with Gasteiger partial charge in [0.1, 0.15) is 0 Å². The van der Waals surface area contributed by atoms with Crippen molar-refractivity contribution in [3.8, 4) is 0 Å². The van der Waals surface area contributed by atoms with Crippen LogP contribution in [0, 0.1) is 0 Å². The Hall–Kier alpha value is -2.80. The highest BCUT2D eigenvalue weighted by Crippen LogP contribution is 2.25. The molecule has 0 unspecified atom stereocenters. The molecule has 0 saturated heterocycles. The van der Waals surface area contributed by atoms with Crippen molar-refractivity contribution in [2.75, 3.05) is 11.4 Å². The minimum atomic E-state index is -3.78. The van der Waals surface area contributed by atoms with E-state index in [-0.39, 0.29) is 10.7 Å². The zero-order valence-electron chi connectivity index (χ0n) is 13.2. The molecule has 7 heteroatoms. The van der Waals surface area contributed by atoms with E-state index in [9.17, 15) is 13.2 Å². The smallest absolute Gasteiger partial charge is 0.264 e. The molecule has 0 spiro atoms. The molecule has 1 heterocycles. The fourth-order valence-electron chi connectivity index (χ4n) is 2.32. The summed E-state index contributed by atoms with van der Waals surface area (Å²) < 4.78 is 26.8. The van der Waals surface area contributed by atoms with Crippen molar-refractivity contribution < 1.29 is 13.2 Å². The first-order chi connectivity index (χ1) is 11.4. The highest BCUT2D eigenvalue weighted by molar-refractivity contribution is 7.92. The molecule has 0 fully saturated rings. The zero-order valence-corrected chi connectivity index (χ0v) is 14.0. The molecule has 122 valence electrons. The molecule has 2 aromatic carbocycles. The van der Waals surface area contributed by atoms with Gasteiger partial charge in [-0.05, 0) is 37.3 Å². The van der Waals surface area contributed by atoms with Crippen LogP contribution in [0.1, 0.15) is 17.3 Å². The zero-order chi connectivity index (χ0) is 17.3. The van der Waals surface area contributed by atoms with Crippen LogP contribution < -0.4 is 4.31 Å². The summed E-state index contributed by atoms with van der Waals surface area (Å²) in [5.41, 5.74) is 2.12. The number of sulfonamides is 1. The Balaban J connectivity index is 2.04. The van der Waals surface area contributed by atoms with Crippen LogP contribution >= 0.6 is 0 Å². The molecule has 0 aliphatic carbocycles. The van der Waals surface area contributed by atoms with Gasteiger partial charge in [0.25, 0.3) is 10.0 Å². The average molecular weight is 341 g/mol. The summed E-state index contributed by atoms with van der Waals surface area (Å²) in [6.07, 6.45) is 3.13. The first-order valence-corrected chi connectivity index (χ1v) is 8.64. The molecule has 24 heavy (non-hydrogen) atoms. The van der Waals surface area contributed by atoms with Crippen LogP contribution in [0.3, 0.4) is 0 Å². The SMILES string of the molecule is CC(=O)c1cccc(S(=O)(=O)N(C)c2ccc3nccnc3c2)c1. The first-order valence-electron chi connectivity index (χ1n) is 7.20. The molecule has 0 aliphatic rings. The van der Waals surface area contributed by atoms with Gasteiger partial charge in [-0.2, -0.15) is 0 Å². The number of carbonyl (C=O) groups excluding carboxylic acids is 1. The number of Topliss-reactive ketones (excluding diaryl/α,β-unsaturated/α-hetero) is 1. The molecule has 6 nitrogen and oxygen atoms in total. The molecule has 0 N–H and O–H groups in total. The largest absolute Gasteiger partial charge is 0.295 e. The van der Waals surface area contributed by atoms with Crippen LogP contribution in [0.25, 0.3) is 11.0 Å². The lowest BCUT2D eigenvalue weighted by Crippen LogP contribution is -2.26. The van der Waals surface area contributed by atoms with Crippen molar-refractivity contribution in [1.82, 2.24) is 9.97 Å². The van der Waals surface area contributed by atoms with E-state index < -0.39 is 10.0 Å². The summed E-state index contributed by atoms with van der Waals surface area (Å²) in [7, 11) is -2.32. The van der Waals surface area contributed by atoms with Gasteiger partial charge in [-0.3, -0.25) is 19.1 Å². The summed E-state index contributed by atoms with van der Waals surface area (Å²) in [4.78, 5) is 19.9. The highest BCUT2D eigenvalue weighted by Gasteiger charge is 2.22. The molecule has 3 aromatic rings. The van der Waals surface area contributed by atoms with Crippen LogP contribution in [0.4, 0.5) is 5.69 Å². The van der Waals surface area contributed by atoms with Gasteiger partial charge in [-0.15, -0.1) is 0 Å². The quantitative estimate of drug-likeness (QED) is 0.682. The van der Waals surface area contributed by atoms with Crippen molar-refractivity contribution in [1.29, 1.82) is 0 Å². The molecular formula is C17H15N3O3S. The maximum Gasteiger partial charge on any atom is 0.264 e. The van der Waals surface area contributed by atoms with Gasteiger partial charge in [0.15, 0.2) is 5.78 Å². The number of aromatic nitrogens is 2. The Labute approximate surface area is 139 Å². The highest BCUT2D eigenvalue weighted by atomic mass is 32.2. The molecule has 0 radical (unpaired) electrons. The van der Waals surface area contributed by atoms with E-state index in [1.54, 1.807) is 42.7 Å². The number of anilines is 1. The molecule has 1 aromatic heterocycles. The van der Waals surface area contributed by atoms with Gasteiger partial charge >= 0.3 is 0 Å². The topological polar surface area (TPSA) is 80.2 Å². The molecular weight excluding hydrogens is 326 g/mol. The predicted octanol–water partition coefficient (Wildman–Crippen LogP) is 2.66. The van der Waals surface area contributed by atoms with Crippen LogP contribution in [0.5, 0.6) is 0 Å². The van der Waals surface area contributed by atoms with E-state index in [1.807, 2.05) is 0 Å². The van der Waals surface area contributed by atoms with Crippen molar-refractivity contribution >= 4 is 32.5 Å². The standard InChI is InChI=1S/C17H15N3O3S/c1-12(21)13-4-3-5-15(10-13)24(22,23)20(2)14-6-7-16-17(11-14)19-9-8-18-16/h3-11H,1-2H3. The van der Waals surface area contributed by atoms with E-state index in [0.29, 0.717) is 22.3 Å². The Kier molecular flexibility index (Phi) is 4.02. The van der Waals surface area contributed by atoms with Crippen LogP contribution in [0.15, 0.2) is 59.8 Å². The number of carbonyl (C=O) groups is 1. The summed E-state index contributed by atoms with van der Waals surface area (Å²) in [6, 6.07) is 11.1. The minimum absolute atomic E-state index is 0.0666. The summed E-state index contributed by atoms with van der Waals surface area (Å²) in [5, 5.41) is 0. The number of benzene rings is 2. The maximum absolute atomic E-state index is 12.8. The Bertz CT molecular complexity index is 1030. The fourth-order valence-corrected chi connectivity index (χ4v) is 3.55. The molecule has 3 rings (SSSR count). The fraction of sp³-hybridized carbons (Fsp3) is 0.118. The molecule has 0 amide bonds. The number of hydrogen-bond donors (Lipinski definition) is 0. The van der Waals surface area contributed by atoms with E-state index in [2.05, 4.69) is 9.97 Å². The maximum atomic E-state index is 12.8. The van der Waals surface area contributed by atoms with E-state index >= 15 is 0 Å². The van der Waals surface area contributed by atoms with Crippen molar-refractivity contribution in [2.24, 2.45) is 0 Å². The summed E-state index contributed by atoms with van der Waals surface area (Å²) in [6.45, 7) is 1.40. The molecule has 0 aliphatic heterocycles. The molecule has 0 bridgehead atoms. The van der Waals surface area contributed by atoms with Crippen LogP contribution in [0.2, 0.25) is 0 Å². The Morgan fingerprint density at radius 2 is 1.71 bits per heavy atom. The number of ketones is 1. The van der Waals surface area contributed by atoms with Crippen molar-refractivity contribution in [2.45, 2.75) is 11.8 Å². The van der Waals surface area contributed by atoms with Gasteiger partial charge < -0.3 is 0 Å². The second-order valence-corrected chi connectivity index (χ2v) is 7.26. The van der Waals surface area contributed by atoms with Gasteiger partial charge in [0.2, 0.25) is 0 Å². The number of nitrogens with zero attached hydrogens (tertiary/aromatic N) is 3. The number of rotatable bonds is 4. The molecule has 0 atom stereocenters. The third-order valence-corrected chi connectivity index (χ3v) is 5.50. The monoisotopic (exact) mass is 341 g/mol. The third kappa shape index (κ3) is 2.85. The lowest BCUT2D eigenvalue weighted by atomic mass is 10.2. The van der Waals surface area contributed by atoms with E-state index in [1.165, 1.54) is 30.4 Å². The van der Waals surface area contributed by atoms with Crippen LogP contribution in [-0.4, -0.2) is 31.2 Å². The predicted molar refractivity (Wildman–Crippen MR) is 91.6 cm³/mol. The lowest BCUT2D eigenvalue weighted by Gasteiger charge is -2.20. The second-order valence-electron chi connectivity index (χ2n) is 5.29. The van der Waals surface area contributed by atoms with E-state index in [0.717, 1.165) is 0 Å².